The van der Waals surface area contributed by atoms with Crippen LogP contribution in [0.4, 0.5) is 21.2 Å². The van der Waals surface area contributed by atoms with Gasteiger partial charge in [-0.15, -0.1) is 0 Å². The first-order valence-corrected chi connectivity index (χ1v) is 24.0. The maximum Gasteiger partial charge on any atom is 0.329 e. The fourth-order valence-electron chi connectivity index (χ4n) is 10.8. The molecule has 19 heteroatoms. The monoisotopic (exact) mass is 989 g/mol. The molecule has 1 aromatic heterocycles. The second-order valence-electron chi connectivity index (χ2n) is 18.3. The largest absolute Gasteiger partial charge is 0.491 e. The van der Waals surface area contributed by atoms with Crippen LogP contribution >= 0.6 is 0 Å². The average Bonchev–Trinajstić information content (AvgIpc) is 3.87. The molecular formula is C54H55N9O10. The molecule has 4 aromatic carbocycles. The summed E-state index contributed by atoms with van der Waals surface area (Å²) in [6.45, 7) is 3.67. The van der Waals surface area contributed by atoms with Crippen molar-refractivity contribution in [3.05, 3.63) is 149 Å². The van der Waals surface area contributed by atoms with Gasteiger partial charge in [0.2, 0.25) is 17.8 Å². The Balaban J connectivity index is 1.34. The minimum absolute atomic E-state index is 0.0578. The number of methoxy groups -OCH3 is 1. The van der Waals surface area contributed by atoms with Crippen LogP contribution in [0.25, 0.3) is 0 Å². The molecule has 0 aliphatic carbocycles. The van der Waals surface area contributed by atoms with Crippen molar-refractivity contribution in [3.63, 3.8) is 0 Å². The van der Waals surface area contributed by atoms with E-state index in [1.165, 1.54) is 13.2 Å². The smallest absolute Gasteiger partial charge is 0.329 e. The number of aromatic nitrogens is 2. The number of primary amides is 1. The summed E-state index contributed by atoms with van der Waals surface area (Å²) >= 11 is 0. The molecular weight excluding hydrogens is 935 g/mol. The molecule has 73 heavy (non-hydrogen) atoms. The van der Waals surface area contributed by atoms with E-state index in [0.717, 1.165) is 4.90 Å². The molecule has 0 bridgehead atoms. The van der Waals surface area contributed by atoms with Crippen molar-refractivity contribution >= 4 is 47.5 Å². The van der Waals surface area contributed by atoms with E-state index in [2.05, 4.69) is 32.4 Å². The van der Waals surface area contributed by atoms with Gasteiger partial charge in [0.15, 0.2) is 0 Å². The summed E-state index contributed by atoms with van der Waals surface area (Å²) in [5.74, 6) is 1.53. The lowest BCUT2D eigenvalue weighted by molar-refractivity contribution is -0.179. The number of benzene rings is 4. The van der Waals surface area contributed by atoms with Gasteiger partial charge >= 0.3 is 24.0 Å². The highest BCUT2D eigenvalue weighted by atomic mass is 16.6. The van der Waals surface area contributed by atoms with E-state index in [1.807, 2.05) is 70.5 Å². The number of amides is 6. The zero-order chi connectivity index (χ0) is 51.4. The zero-order valence-corrected chi connectivity index (χ0v) is 40.4. The summed E-state index contributed by atoms with van der Waals surface area (Å²) in [6.07, 6.45) is 2.26. The van der Waals surface area contributed by atoms with Crippen LogP contribution < -0.4 is 30.9 Å². The number of carbonyl (C=O) groups is 6. The molecule has 5 N–H and O–H groups in total. The van der Waals surface area contributed by atoms with Crippen molar-refractivity contribution < 1.29 is 48.1 Å². The van der Waals surface area contributed by atoms with Gasteiger partial charge < -0.3 is 45.5 Å². The Hall–Kier alpha value is -8.34. The number of fused-ring (bicyclic) bond motifs is 3. The molecule has 7 unspecified atom stereocenters. The predicted molar refractivity (Wildman–Crippen MR) is 265 cm³/mol. The number of nitrogens with one attached hydrogen (secondary N) is 2. The number of nitrogens with two attached hydrogens (primary N) is 1. The summed E-state index contributed by atoms with van der Waals surface area (Å²) in [5, 5.41) is 15.4. The maximum atomic E-state index is 16.9. The van der Waals surface area contributed by atoms with Gasteiger partial charge in [-0.2, -0.15) is 0 Å². The Kier molecular flexibility index (Phi) is 14.4. The van der Waals surface area contributed by atoms with Crippen molar-refractivity contribution in [1.29, 1.82) is 0 Å². The Labute approximate surface area is 421 Å². The summed E-state index contributed by atoms with van der Waals surface area (Å²) in [5.41, 5.74) is 5.39. The SMILES string of the molecule is COC(=O)C(NC(=O)N1C(=O)C2(c3cc(C#CCNC(N)=O)ccc31)C(C(=O)N1CCN(c3ncccn3)CC1)C1C(=O)OC(c3ccccc3)C(c3ccccc3)N1C2c1ccccc1OCCO)C(C)C. The maximum absolute atomic E-state index is 16.9. The number of rotatable bonds is 12. The highest BCUT2D eigenvalue weighted by molar-refractivity contribution is 6.25. The summed E-state index contributed by atoms with van der Waals surface area (Å²) in [7, 11) is 1.19. The predicted octanol–water partition coefficient (Wildman–Crippen LogP) is 3.79. The third-order valence-corrected chi connectivity index (χ3v) is 13.9. The van der Waals surface area contributed by atoms with Crippen LogP contribution in [0.2, 0.25) is 0 Å². The zero-order valence-electron chi connectivity index (χ0n) is 40.4. The van der Waals surface area contributed by atoms with Gasteiger partial charge in [-0.25, -0.2) is 29.3 Å². The number of cyclic esters (lactones) is 1. The molecule has 0 saturated carbocycles. The van der Waals surface area contributed by atoms with Crippen molar-refractivity contribution in [2.75, 3.05) is 62.8 Å². The van der Waals surface area contributed by atoms with E-state index in [4.69, 9.17) is 19.9 Å². The molecule has 0 radical (unpaired) electrons. The molecule has 19 nitrogen and oxygen atoms in total. The minimum Gasteiger partial charge on any atom is -0.491 e. The minimum atomic E-state index is -2.20. The van der Waals surface area contributed by atoms with Gasteiger partial charge in [0.05, 0.1) is 44.0 Å². The van der Waals surface area contributed by atoms with E-state index < -0.39 is 83.3 Å². The number of morpholine rings is 1. The number of ether oxygens (including phenoxy) is 3. The molecule has 5 aromatic rings. The Morgan fingerprint density at radius 3 is 2.21 bits per heavy atom. The van der Waals surface area contributed by atoms with Gasteiger partial charge in [0.1, 0.15) is 36.0 Å². The van der Waals surface area contributed by atoms with Crippen LogP contribution in [0.1, 0.15) is 59.9 Å². The van der Waals surface area contributed by atoms with Crippen LogP contribution in [0, 0.1) is 23.7 Å². The van der Waals surface area contributed by atoms with Crippen molar-refractivity contribution in [2.24, 2.45) is 17.6 Å². The molecule has 376 valence electrons. The van der Waals surface area contributed by atoms with Gasteiger partial charge in [-0.1, -0.05) is 105 Å². The first-order chi connectivity index (χ1) is 35.4. The number of esters is 2. The highest BCUT2D eigenvalue weighted by Gasteiger charge is 2.76. The molecule has 5 heterocycles. The first-order valence-electron chi connectivity index (χ1n) is 24.0. The normalized spacial score (nSPS) is 22.6. The average molecular weight is 990 g/mol. The highest BCUT2D eigenvalue weighted by Crippen LogP contribution is 2.67. The summed E-state index contributed by atoms with van der Waals surface area (Å²) < 4.78 is 18.1. The fraction of sp³-hybridized carbons (Fsp3) is 0.333. The topological polar surface area (TPSA) is 239 Å². The molecule has 4 aliphatic rings. The van der Waals surface area contributed by atoms with Crippen LogP contribution in [-0.4, -0.2) is 126 Å². The molecule has 6 amide bonds. The summed E-state index contributed by atoms with van der Waals surface area (Å²) in [4.78, 5) is 104. The van der Waals surface area contributed by atoms with Crippen LogP contribution in [0.5, 0.6) is 5.75 Å². The Bertz CT molecular complexity index is 2950. The Morgan fingerprint density at radius 1 is 0.877 bits per heavy atom. The third-order valence-electron chi connectivity index (χ3n) is 13.9. The molecule has 9 rings (SSSR count). The number of nitrogens with zero attached hydrogens (tertiary/aromatic N) is 6. The number of aliphatic hydroxyl groups is 1. The lowest BCUT2D eigenvalue weighted by Gasteiger charge is -2.46. The number of para-hydroxylation sites is 1. The number of hydrogen-bond acceptors (Lipinski definition) is 14. The number of anilines is 2. The Morgan fingerprint density at radius 2 is 1.55 bits per heavy atom. The van der Waals surface area contributed by atoms with Crippen LogP contribution in [0.15, 0.2) is 122 Å². The van der Waals surface area contributed by atoms with Crippen LogP contribution in [0.3, 0.4) is 0 Å². The number of aliphatic hydroxyl groups excluding tert-OH is 1. The van der Waals surface area contributed by atoms with Gasteiger partial charge in [-0.3, -0.25) is 19.3 Å². The van der Waals surface area contributed by atoms with E-state index in [0.29, 0.717) is 41.3 Å². The quantitative estimate of drug-likeness (QED) is 0.103. The van der Waals surface area contributed by atoms with E-state index >= 15 is 19.2 Å². The number of hydrogen-bond donors (Lipinski definition) is 4. The second kappa shape index (κ2) is 21.2. The lowest BCUT2D eigenvalue weighted by Crippen LogP contribution is -2.60. The van der Waals surface area contributed by atoms with Crippen LogP contribution in [-0.2, 0) is 34.1 Å². The molecule has 1 spiro atoms. The molecule has 4 aliphatic heterocycles. The molecule has 3 fully saturated rings. The van der Waals surface area contributed by atoms with Crippen molar-refractivity contribution in [2.45, 2.75) is 49.5 Å². The number of carbonyl (C=O) groups excluding carboxylic acids is 6. The van der Waals surface area contributed by atoms with Gasteiger partial charge in [-0.05, 0) is 52.9 Å². The first kappa shape index (κ1) is 49.6. The number of piperazine rings is 1. The molecule has 7 atom stereocenters. The second-order valence-corrected chi connectivity index (χ2v) is 18.3. The lowest BCUT2D eigenvalue weighted by atomic mass is 9.64. The fourth-order valence-corrected chi connectivity index (χ4v) is 10.8. The number of urea groups is 2. The van der Waals surface area contributed by atoms with Gasteiger partial charge in [0, 0.05) is 49.7 Å². The van der Waals surface area contributed by atoms with Gasteiger partial charge in [0.25, 0.3) is 0 Å². The van der Waals surface area contributed by atoms with Crippen molar-refractivity contribution in [1.82, 2.24) is 30.4 Å². The van der Waals surface area contributed by atoms with E-state index in [-0.39, 0.29) is 49.8 Å². The van der Waals surface area contributed by atoms with E-state index in [1.54, 1.807) is 73.6 Å². The molecule has 3 saturated heterocycles. The van der Waals surface area contributed by atoms with E-state index in [9.17, 15) is 14.7 Å². The number of imide groups is 1. The van der Waals surface area contributed by atoms with Crippen molar-refractivity contribution in [3.8, 4) is 17.6 Å². The summed E-state index contributed by atoms with van der Waals surface area (Å²) in [6, 6.07) is 25.2. The standard InChI is InChI=1S/C54H55N9O10/c1-33(2)42(48(66)71-3)59-53(70)62-39-22-21-34(14-12-23-56-51(55)69)32-38(39)54(50(62)68)41(47(65)60-26-28-61(29-27-60)52-57-24-13-25-58-52)44-49(67)73-45(36-17-8-5-9-18-36)43(35-15-6-4-7-16-35)63(44)46(54)37-19-10-11-20-40(37)72-31-30-64/h4-11,13,15-22,24-25,32-33,41-46,64H,23,26-31H2,1-3H3,(H,59,70)(H3,55,56,69). The third kappa shape index (κ3) is 9.15.